The largest absolute Gasteiger partial charge is 0.478 e. The Labute approximate surface area is 277 Å². The molecule has 12 heteroatoms. The number of hydrogen-bond donors (Lipinski definition) is 3. The molecular weight excluding hydrogens is 620 g/mol. The number of nitrogens with one attached hydrogen (secondary N) is 2. The molecule has 244 valence electrons. The van der Waals surface area contributed by atoms with Crippen LogP contribution in [0.25, 0.3) is 28.5 Å². The highest BCUT2D eigenvalue weighted by Gasteiger charge is 2.43. The van der Waals surface area contributed by atoms with Crippen LogP contribution < -0.4 is 15.4 Å². The van der Waals surface area contributed by atoms with Gasteiger partial charge in [-0.15, -0.1) is 0 Å². The normalized spacial score (nSPS) is 16.1. The molecule has 2 aliphatic carbocycles. The molecule has 2 amide bonds. The quantitative estimate of drug-likeness (QED) is 0.163. The second-order valence-electron chi connectivity index (χ2n) is 12.2. The molecule has 47 heavy (non-hydrogen) atoms. The molecule has 2 fully saturated rings. The third-order valence-corrected chi connectivity index (χ3v) is 9.36. The Morgan fingerprint density at radius 1 is 1.09 bits per heavy atom. The fourth-order valence-corrected chi connectivity index (χ4v) is 7.01. The zero-order valence-corrected chi connectivity index (χ0v) is 27.1. The Morgan fingerprint density at radius 3 is 2.49 bits per heavy atom. The molecule has 2 saturated carbocycles. The maximum absolute atomic E-state index is 13.9. The van der Waals surface area contributed by atoms with Crippen molar-refractivity contribution >= 4 is 52.2 Å². The van der Waals surface area contributed by atoms with Gasteiger partial charge in [0.1, 0.15) is 11.4 Å². The number of aliphatic carboxylic acids is 1. The van der Waals surface area contributed by atoms with Crippen molar-refractivity contribution in [1.82, 2.24) is 24.8 Å². The van der Waals surface area contributed by atoms with E-state index in [-0.39, 0.29) is 23.5 Å². The first-order valence-corrected chi connectivity index (χ1v) is 16.4. The molecule has 0 unspecified atom stereocenters. The lowest BCUT2D eigenvalue weighted by atomic mass is 9.93. The van der Waals surface area contributed by atoms with Crippen LogP contribution in [0.15, 0.2) is 48.8 Å². The van der Waals surface area contributed by atoms with Crippen LogP contribution in [0.1, 0.15) is 85.7 Å². The minimum atomic E-state index is -1.12. The van der Waals surface area contributed by atoms with Crippen molar-refractivity contribution in [2.45, 2.75) is 69.7 Å². The second-order valence-corrected chi connectivity index (χ2v) is 12.6. The van der Waals surface area contributed by atoms with Crippen molar-refractivity contribution in [3.8, 4) is 17.4 Å². The van der Waals surface area contributed by atoms with E-state index in [1.54, 1.807) is 31.5 Å². The zero-order chi connectivity index (χ0) is 33.1. The van der Waals surface area contributed by atoms with Crippen LogP contribution in [-0.2, 0) is 16.6 Å². The fourth-order valence-electron chi connectivity index (χ4n) is 6.91. The van der Waals surface area contributed by atoms with Gasteiger partial charge in [0.25, 0.3) is 11.8 Å². The number of nitrogens with zero attached hydrogens (tertiary/aromatic N) is 4. The molecule has 0 spiro atoms. The molecular formula is C35H37ClN6O5. The van der Waals surface area contributed by atoms with Gasteiger partial charge in [0.05, 0.1) is 17.3 Å². The molecule has 3 aromatic heterocycles. The molecule has 0 aliphatic heterocycles. The number of amides is 2. The Balaban J connectivity index is 1.28. The van der Waals surface area contributed by atoms with Crippen molar-refractivity contribution in [3.05, 3.63) is 70.5 Å². The van der Waals surface area contributed by atoms with Crippen LogP contribution in [0.3, 0.4) is 0 Å². The Kier molecular flexibility index (Phi) is 9.26. The summed E-state index contributed by atoms with van der Waals surface area (Å²) in [4.78, 5) is 52.1. The minimum absolute atomic E-state index is 0.198. The average Bonchev–Trinajstić information content (AvgIpc) is 3.82. The molecule has 0 radical (unpaired) electrons. The molecule has 6 rings (SSSR count). The third-order valence-electron chi connectivity index (χ3n) is 9.16. The van der Waals surface area contributed by atoms with Gasteiger partial charge < -0.3 is 25.0 Å². The molecule has 11 nitrogen and oxygen atoms in total. The fraction of sp³-hybridized carbons (Fsp3) is 0.371. The molecule has 3 N–H and O–H groups in total. The standard InChI is InChI=1S/C35H37ClN6O5/c1-3-47-33-22(12-15-28(43)44)11-14-27(39-33)40-34(46)35(16-6-7-17-35)41-32(45)23-10-13-25-26(18-23)42(2)30(29(25)21-8-4-5-9-21)31-37-19-24(36)20-38-31/h10-15,18-21H,3-9,16-17H2,1-2H3,(H,41,45)(H,43,44)(H,39,40,46)/b15-12+. The third kappa shape index (κ3) is 6.58. The number of aromatic nitrogens is 4. The topological polar surface area (TPSA) is 148 Å². The summed E-state index contributed by atoms with van der Waals surface area (Å²) >= 11 is 6.10. The minimum Gasteiger partial charge on any atom is -0.478 e. The van der Waals surface area contributed by atoms with E-state index in [9.17, 15) is 14.4 Å². The lowest BCUT2D eigenvalue weighted by molar-refractivity contribution is -0.131. The number of carbonyl (C=O) groups excluding carboxylic acids is 2. The number of aryl methyl sites for hydroxylation is 1. The first-order valence-electron chi connectivity index (χ1n) is 16.0. The summed E-state index contributed by atoms with van der Waals surface area (Å²) < 4.78 is 7.65. The number of pyridine rings is 1. The first kappa shape index (κ1) is 32.2. The van der Waals surface area contributed by atoms with Crippen molar-refractivity contribution in [2.24, 2.45) is 7.05 Å². The number of hydrogen-bond acceptors (Lipinski definition) is 7. The van der Waals surface area contributed by atoms with Crippen LogP contribution >= 0.6 is 11.6 Å². The predicted octanol–water partition coefficient (Wildman–Crippen LogP) is 6.52. The summed E-state index contributed by atoms with van der Waals surface area (Å²) in [6.45, 7) is 2.09. The van der Waals surface area contributed by atoms with Gasteiger partial charge in [0, 0.05) is 47.5 Å². The first-order chi connectivity index (χ1) is 22.7. The summed E-state index contributed by atoms with van der Waals surface area (Å²) in [5.41, 5.74) is 2.81. The molecule has 1 aromatic carbocycles. The average molecular weight is 657 g/mol. The summed E-state index contributed by atoms with van der Waals surface area (Å²) in [6.07, 6.45) is 12.6. The maximum atomic E-state index is 13.9. The Morgan fingerprint density at radius 2 is 1.81 bits per heavy atom. The number of benzene rings is 1. The molecule has 0 atom stereocenters. The summed E-state index contributed by atoms with van der Waals surface area (Å²) in [5.74, 6) is -0.393. The Hall–Kier alpha value is -4.77. The van der Waals surface area contributed by atoms with E-state index in [0.717, 1.165) is 48.4 Å². The van der Waals surface area contributed by atoms with Crippen LogP contribution in [-0.4, -0.2) is 54.6 Å². The molecule has 0 saturated heterocycles. The number of anilines is 1. The van der Waals surface area contributed by atoms with E-state index in [2.05, 4.69) is 30.2 Å². The van der Waals surface area contributed by atoms with Gasteiger partial charge >= 0.3 is 5.97 Å². The van der Waals surface area contributed by atoms with Crippen LogP contribution in [0, 0.1) is 0 Å². The summed E-state index contributed by atoms with van der Waals surface area (Å²) in [5, 5.41) is 16.5. The van der Waals surface area contributed by atoms with Crippen molar-refractivity contribution < 1.29 is 24.2 Å². The number of carboxylic acid groups (broad SMARTS) is 1. The van der Waals surface area contributed by atoms with Gasteiger partial charge in [0.15, 0.2) is 5.82 Å². The number of carbonyl (C=O) groups is 3. The van der Waals surface area contributed by atoms with E-state index >= 15 is 0 Å². The van der Waals surface area contributed by atoms with Gasteiger partial charge in [-0.2, -0.15) is 4.98 Å². The van der Waals surface area contributed by atoms with E-state index in [1.807, 2.05) is 25.2 Å². The number of ether oxygens (including phenoxy) is 1. The predicted molar refractivity (Wildman–Crippen MR) is 180 cm³/mol. The van der Waals surface area contributed by atoms with Crippen molar-refractivity contribution in [2.75, 3.05) is 11.9 Å². The lowest BCUT2D eigenvalue weighted by Crippen LogP contribution is -2.55. The van der Waals surface area contributed by atoms with Gasteiger partial charge in [-0.25, -0.2) is 14.8 Å². The molecule has 4 aromatic rings. The molecule has 3 heterocycles. The van der Waals surface area contributed by atoms with Crippen LogP contribution in [0.4, 0.5) is 5.82 Å². The maximum Gasteiger partial charge on any atom is 0.328 e. The lowest BCUT2D eigenvalue weighted by Gasteiger charge is -2.29. The monoisotopic (exact) mass is 656 g/mol. The van der Waals surface area contributed by atoms with E-state index < -0.39 is 11.5 Å². The summed E-state index contributed by atoms with van der Waals surface area (Å²) in [7, 11) is 1.97. The second kappa shape index (κ2) is 13.5. The van der Waals surface area contributed by atoms with Crippen LogP contribution in [0.5, 0.6) is 5.88 Å². The van der Waals surface area contributed by atoms with E-state index in [4.69, 9.17) is 21.4 Å². The number of fused-ring (bicyclic) bond motifs is 1. The van der Waals surface area contributed by atoms with Gasteiger partial charge in [-0.3, -0.25) is 9.59 Å². The zero-order valence-electron chi connectivity index (χ0n) is 26.4. The van der Waals surface area contributed by atoms with Crippen molar-refractivity contribution in [3.63, 3.8) is 0 Å². The highest BCUT2D eigenvalue weighted by molar-refractivity contribution is 6.30. The smallest absolute Gasteiger partial charge is 0.328 e. The number of rotatable bonds is 10. The summed E-state index contributed by atoms with van der Waals surface area (Å²) in [6, 6.07) is 8.91. The highest BCUT2D eigenvalue weighted by Crippen LogP contribution is 2.44. The molecule has 2 aliphatic rings. The van der Waals surface area contributed by atoms with Gasteiger partial charge in [-0.05, 0) is 74.4 Å². The SMILES string of the molecule is CCOc1nc(NC(=O)C2(NC(=O)c3ccc4c(C5CCCC5)c(-c5ncc(Cl)cn5)n(C)c4c3)CCCC2)ccc1/C=C/C(=O)O. The highest BCUT2D eigenvalue weighted by atomic mass is 35.5. The molecule has 0 bridgehead atoms. The number of carboxylic acids is 1. The Bertz CT molecular complexity index is 1860. The van der Waals surface area contributed by atoms with Crippen molar-refractivity contribution in [1.29, 1.82) is 0 Å². The van der Waals surface area contributed by atoms with Gasteiger partial charge in [0.2, 0.25) is 5.88 Å². The van der Waals surface area contributed by atoms with E-state index in [0.29, 0.717) is 47.3 Å². The van der Waals surface area contributed by atoms with Crippen LogP contribution in [0.2, 0.25) is 5.02 Å². The van der Waals surface area contributed by atoms with Gasteiger partial charge in [-0.1, -0.05) is 43.4 Å². The van der Waals surface area contributed by atoms with E-state index in [1.165, 1.54) is 24.5 Å². The number of halogens is 1.